The topological polar surface area (TPSA) is 81.8 Å². The SMILES string of the molecule is CO/C(=N\c1cc(F)ccc1C=O)c1ccc(-c2nc3cc(F)ccc3c(=O)o2)cc1. The Labute approximate surface area is 174 Å². The highest BCUT2D eigenvalue weighted by Crippen LogP contribution is 2.23. The number of carbonyl (C=O) groups excluding carboxylic acids is 1. The molecule has 8 heteroatoms. The first kappa shape index (κ1) is 20.1. The van der Waals surface area contributed by atoms with Gasteiger partial charge in [0.05, 0.1) is 23.7 Å². The van der Waals surface area contributed by atoms with Gasteiger partial charge < -0.3 is 9.15 Å². The normalized spacial score (nSPS) is 11.5. The molecule has 0 saturated heterocycles. The average molecular weight is 420 g/mol. The third kappa shape index (κ3) is 4.09. The molecular weight excluding hydrogens is 406 g/mol. The first-order chi connectivity index (χ1) is 15.0. The van der Waals surface area contributed by atoms with Gasteiger partial charge in [0.1, 0.15) is 11.6 Å². The smallest absolute Gasteiger partial charge is 0.347 e. The van der Waals surface area contributed by atoms with Gasteiger partial charge in [0.2, 0.25) is 11.8 Å². The van der Waals surface area contributed by atoms with Crippen molar-refractivity contribution in [1.29, 1.82) is 0 Å². The molecule has 4 aromatic rings. The van der Waals surface area contributed by atoms with Crippen molar-refractivity contribution in [1.82, 2.24) is 4.98 Å². The number of aliphatic imine (C=N–C) groups is 1. The monoisotopic (exact) mass is 420 g/mol. The van der Waals surface area contributed by atoms with Crippen LogP contribution in [0, 0.1) is 11.6 Å². The predicted molar refractivity (Wildman–Crippen MR) is 111 cm³/mol. The van der Waals surface area contributed by atoms with Gasteiger partial charge in [-0.25, -0.2) is 23.6 Å². The van der Waals surface area contributed by atoms with Gasteiger partial charge in [0.25, 0.3) is 0 Å². The number of benzene rings is 3. The Hall–Kier alpha value is -4.20. The summed E-state index contributed by atoms with van der Waals surface area (Å²) in [7, 11) is 1.39. The number of aldehydes is 1. The molecule has 0 unspecified atom stereocenters. The van der Waals surface area contributed by atoms with Crippen molar-refractivity contribution in [2.45, 2.75) is 0 Å². The van der Waals surface area contributed by atoms with Gasteiger partial charge in [0, 0.05) is 28.8 Å². The summed E-state index contributed by atoms with van der Waals surface area (Å²) in [6.07, 6.45) is 0.574. The summed E-state index contributed by atoms with van der Waals surface area (Å²) in [4.78, 5) is 31.8. The Kier molecular flexibility index (Phi) is 5.36. The zero-order valence-electron chi connectivity index (χ0n) is 16.1. The molecule has 0 aliphatic rings. The number of aromatic nitrogens is 1. The molecule has 0 atom stereocenters. The van der Waals surface area contributed by atoms with Crippen molar-refractivity contribution in [3.05, 3.63) is 93.8 Å². The van der Waals surface area contributed by atoms with Crippen LogP contribution >= 0.6 is 0 Å². The molecule has 1 heterocycles. The summed E-state index contributed by atoms with van der Waals surface area (Å²) in [6.45, 7) is 0. The van der Waals surface area contributed by atoms with Crippen LogP contribution in [0.4, 0.5) is 14.5 Å². The fourth-order valence-corrected chi connectivity index (χ4v) is 2.97. The van der Waals surface area contributed by atoms with E-state index in [9.17, 15) is 18.4 Å². The molecular formula is C23H14F2N2O4. The van der Waals surface area contributed by atoms with Crippen LogP contribution in [-0.4, -0.2) is 24.3 Å². The predicted octanol–water partition coefficient (Wildman–Crippen LogP) is 4.67. The number of rotatable bonds is 4. The van der Waals surface area contributed by atoms with Crippen molar-refractivity contribution < 1.29 is 22.7 Å². The number of nitrogens with zero attached hydrogens (tertiary/aromatic N) is 2. The van der Waals surface area contributed by atoms with E-state index >= 15 is 0 Å². The zero-order chi connectivity index (χ0) is 22.0. The number of carbonyl (C=O) groups is 1. The van der Waals surface area contributed by atoms with Crippen molar-refractivity contribution in [2.24, 2.45) is 4.99 Å². The van der Waals surface area contributed by atoms with Gasteiger partial charge in [-0.15, -0.1) is 0 Å². The van der Waals surface area contributed by atoms with Gasteiger partial charge in [-0.2, -0.15) is 0 Å². The molecule has 0 aliphatic heterocycles. The van der Waals surface area contributed by atoms with E-state index in [0.29, 0.717) is 17.4 Å². The van der Waals surface area contributed by atoms with E-state index in [1.807, 2.05) is 0 Å². The maximum absolute atomic E-state index is 13.6. The Morgan fingerprint density at radius 1 is 1.03 bits per heavy atom. The fourth-order valence-electron chi connectivity index (χ4n) is 2.97. The van der Waals surface area contributed by atoms with E-state index in [-0.39, 0.29) is 33.9 Å². The molecule has 31 heavy (non-hydrogen) atoms. The number of ether oxygens (including phenoxy) is 1. The second-order valence-electron chi connectivity index (χ2n) is 6.49. The van der Waals surface area contributed by atoms with Crippen molar-refractivity contribution >= 4 is 28.8 Å². The first-order valence-electron chi connectivity index (χ1n) is 9.07. The molecule has 3 aromatic carbocycles. The van der Waals surface area contributed by atoms with E-state index in [1.165, 1.54) is 25.3 Å². The van der Waals surface area contributed by atoms with Crippen LogP contribution in [0.1, 0.15) is 15.9 Å². The first-order valence-corrected chi connectivity index (χ1v) is 9.07. The maximum atomic E-state index is 13.6. The molecule has 0 bridgehead atoms. The molecule has 0 N–H and O–H groups in total. The summed E-state index contributed by atoms with van der Waals surface area (Å²) < 4.78 is 37.6. The summed E-state index contributed by atoms with van der Waals surface area (Å²) in [5, 5.41) is 0.177. The van der Waals surface area contributed by atoms with E-state index in [0.717, 1.165) is 18.2 Å². The van der Waals surface area contributed by atoms with E-state index < -0.39 is 17.3 Å². The minimum atomic E-state index is -0.629. The number of hydrogen-bond acceptors (Lipinski definition) is 6. The summed E-state index contributed by atoms with van der Waals surface area (Å²) in [5.74, 6) is -0.877. The Morgan fingerprint density at radius 3 is 2.45 bits per heavy atom. The second-order valence-corrected chi connectivity index (χ2v) is 6.49. The number of methoxy groups -OCH3 is 1. The summed E-state index contributed by atoms with van der Waals surface area (Å²) in [5.41, 5.74) is 0.892. The molecule has 6 nitrogen and oxygen atoms in total. The second kappa shape index (κ2) is 8.27. The summed E-state index contributed by atoms with van der Waals surface area (Å²) >= 11 is 0. The van der Waals surface area contributed by atoms with Crippen molar-refractivity contribution in [3.8, 4) is 11.5 Å². The lowest BCUT2D eigenvalue weighted by Gasteiger charge is -2.08. The van der Waals surface area contributed by atoms with Crippen LogP contribution in [-0.2, 0) is 4.74 Å². The van der Waals surface area contributed by atoms with Crippen molar-refractivity contribution in [2.75, 3.05) is 7.11 Å². The van der Waals surface area contributed by atoms with Crippen LogP contribution in [0.25, 0.3) is 22.4 Å². The molecule has 0 fully saturated rings. The van der Waals surface area contributed by atoms with Gasteiger partial charge in [-0.3, -0.25) is 4.79 Å². The highest BCUT2D eigenvalue weighted by Gasteiger charge is 2.12. The molecule has 4 rings (SSSR count). The molecule has 0 amide bonds. The van der Waals surface area contributed by atoms with Crippen LogP contribution in [0.15, 0.2) is 74.9 Å². The Morgan fingerprint density at radius 2 is 1.74 bits per heavy atom. The molecule has 0 saturated carbocycles. The standard InChI is InChI=1S/C23H14F2N2O4/c1-30-21(26-19-10-16(24)7-6-15(19)12-28)13-2-4-14(5-3-13)22-27-20-11-17(25)8-9-18(20)23(29)31-22/h2-12H,1H3/b26-21-. The highest BCUT2D eigenvalue weighted by atomic mass is 19.1. The average Bonchev–Trinajstić information content (AvgIpc) is 2.77. The highest BCUT2D eigenvalue weighted by molar-refractivity contribution is 5.97. The number of fused-ring (bicyclic) bond motifs is 1. The van der Waals surface area contributed by atoms with Crippen molar-refractivity contribution in [3.63, 3.8) is 0 Å². The van der Waals surface area contributed by atoms with E-state index in [2.05, 4.69) is 9.98 Å². The van der Waals surface area contributed by atoms with Gasteiger partial charge in [-0.1, -0.05) is 0 Å². The van der Waals surface area contributed by atoms with Crippen LogP contribution in [0.3, 0.4) is 0 Å². The fraction of sp³-hybridized carbons (Fsp3) is 0.0435. The third-order valence-corrected chi connectivity index (χ3v) is 4.50. The van der Waals surface area contributed by atoms with Crippen LogP contribution in [0.5, 0.6) is 0 Å². The molecule has 1 aromatic heterocycles. The maximum Gasteiger partial charge on any atom is 0.347 e. The van der Waals surface area contributed by atoms with E-state index in [1.54, 1.807) is 24.3 Å². The molecule has 0 spiro atoms. The Bertz CT molecular complexity index is 1380. The van der Waals surface area contributed by atoms with Crippen LogP contribution < -0.4 is 5.63 Å². The molecule has 0 aliphatic carbocycles. The lowest BCUT2D eigenvalue weighted by molar-refractivity contribution is 0.112. The lowest BCUT2D eigenvalue weighted by atomic mass is 10.1. The summed E-state index contributed by atoms with van der Waals surface area (Å²) in [6, 6.07) is 13.8. The number of hydrogen-bond donors (Lipinski definition) is 0. The van der Waals surface area contributed by atoms with Gasteiger partial charge in [-0.05, 0) is 48.5 Å². The van der Waals surface area contributed by atoms with Gasteiger partial charge >= 0.3 is 5.63 Å². The minimum Gasteiger partial charge on any atom is -0.481 e. The third-order valence-electron chi connectivity index (χ3n) is 4.50. The van der Waals surface area contributed by atoms with Gasteiger partial charge in [0.15, 0.2) is 6.29 Å². The Balaban J connectivity index is 1.72. The van der Waals surface area contributed by atoms with Crippen LogP contribution in [0.2, 0.25) is 0 Å². The van der Waals surface area contributed by atoms with E-state index in [4.69, 9.17) is 9.15 Å². The quantitative estimate of drug-likeness (QED) is 0.272. The largest absolute Gasteiger partial charge is 0.481 e. The molecule has 0 radical (unpaired) electrons. The number of halogens is 2. The lowest BCUT2D eigenvalue weighted by Crippen LogP contribution is -2.05. The zero-order valence-corrected chi connectivity index (χ0v) is 16.1. The minimum absolute atomic E-state index is 0.0268. The molecule has 154 valence electrons.